The third-order valence-corrected chi connectivity index (χ3v) is 5.69. The molecule has 0 bridgehead atoms. The highest BCUT2D eigenvalue weighted by Gasteiger charge is 2.28. The van der Waals surface area contributed by atoms with E-state index < -0.39 is 10.0 Å². The normalized spacial score (nSPS) is 22.6. The maximum atomic E-state index is 11.7. The van der Waals surface area contributed by atoms with Crippen molar-refractivity contribution in [1.29, 1.82) is 0 Å². The molecule has 6 heteroatoms. The molecule has 2 atom stereocenters. The van der Waals surface area contributed by atoms with Gasteiger partial charge in [0.1, 0.15) is 0 Å². The average Bonchev–Trinajstić information content (AvgIpc) is 2.41. The van der Waals surface area contributed by atoms with Crippen molar-refractivity contribution in [3.63, 3.8) is 0 Å². The summed E-state index contributed by atoms with van der Waals surface area (Å²) in [7, 11) is -1.33. The Morgan fingerprint density at radius 1 is 1.38 bits per heavy atom. The summed E-state index contributed by atoms with van der Waals surface area (Å²) in [5.41, 5.74) is 0. The molecule has 1 heterocycles. The van der Waals surface area contributed by atoms with Crippen LogP contribution in [0.2, 0.25) is 0 Å². The number of hydrogen-bond donors (Lipinski definition) is 1. The van der Waals surface area contributed by atoms with Crippen LogP contribution < -0.4 is 5.32 Å². The van der Waals surface area contributed by atoms with Gasteiger partial charge in [-0.05, 0) is 43.6 Å². The summed E-state index contributed by atoms with van der Waals surface area (Å²) in [6.45, 7) is 8.47. The topological polar surface area (TPSA) is 58.6 Å². The van der Waals surface area contributed by atoms with Crippen molar-refractivity contribution in [3.8, 4) is 0 Å². The second-order valence-electron chi connectivity index (χ2n) is 6.57. The molecule has 1 aliphatic heterocycles. The minimum absolute atomic E-state index is 0.491. The molecule has 21 heavy (non-hydrogen) atoms. The zero-order valence-corrected chi connectivity index (χ0v) is 14.8. The van der Waals surface area contributed by atoms with Gasteiger partial charge in [-0.25, -0.2) is 12.7 Å². The van der Waals surface area contributed by atoms with Crippen molar-refractivity contribution in [3.05, 3.63) is 0 Å². The van der Waals surface area contributed by atoms with Crippen LogP contribution in [0, 0.1) is 17.8 Å². The second kappa shape index (κ2) is 9.08. The number of methoxy groups -OCH3 is 1. The fourth-order valence-electron chi connectivity index (χ4n) is 3.00. The van der Waals surface area contributed by atoms with E-state index in [-0.39, 0.29) is 0 Å². The Labute approximate surface area is 130 Å². The Hall–Kier alpha value is -0.170. The van der Waals surface area contributed by atoms with E-state index in [9.17, 15) is 8.42 Å². The first-order chi connectivity index (χ1) is 9.84. The summed E-state index contributed by atoms with van der Waals surface area (Å²) in [6, 6.07) is 0. The largest absolute Gasteiger partial charge is 0.383 e. The lowest BCUT2D eigenvalue weighted by Gasteiger charge is -2.34. The van der Waals surface area contributed by atoms with E-state index in [4.69, 9.17) is 4.74 Å². The molecule has 126 valence electrons. The third kappa shape index (κ3) is 7.08. The van der Waals surface area contributed by atoms with Gasteiger partial charge in [-0.1, -0.05) is 13.8 Å². The van der Waals surface area contributed by atoms with Gasteiger partial charge in [0.2, 0.25) is 10.0 Å². The lowest BCUT2D eigenvalue weighted by atomic mass is 9.83. The highest BCUT2D eigenvalue weighted by Crippen LogP contribution is 2.27. The van der Waals surface area contributed by atoms with Crippen LogP contribution in [0.5, 0.6) is 0 Å². The first-order valence-corrected chi connectivity index (χ1v) is 9.84. The average molecular weight is 320 g/mol. The summed E-state index contributed by atoms with van der Waals surface area (Å²) >= 11 is 0. The highest BCUT2D eigenvalue weighted by atomic mass is 32.2. The van der Waals surface area contributed by atoms with Gasteiger partial charge in [-0.3, -0.25) is 0 Å². The number of ether oxygens (including phenoxy) is 1. The van der Waals surface area contributed by atoms with E-state index in [2.05, 4.69) is 19.2 Å². The summed E-state index contributed by atoms with van der Waals surface area (Å²) in [5, 5.41) is 3.44. The van der Waals surface area contributed by atoms with Crippen LogP contribution in [0.15, 0.2) is 0 Å². The van der Waals surface area contributed by atoms with E-state index in [0.29, 0.717) is 30.8 Å². The van der Waals surface area contributed by atoms with Crippen LogP contribution in [0.3, 0.4) is 0 Å². The number of sulfonamides is 1. The van der Waals surface area contributed by atoms with Gasteiger partial charge in [0.25, 0.3) is 0 Å². The van der Waals surface area contributed by atoms with Crippen LogP contribution in [0.25, 0.3) is 0 Å². The van der Waals surface area contributed by atoms with Gasteiger partial charge in [0, 0.05) is 26.7 Å². The van der Waals surface area contributed by atoms with Crippen LogP contribution in [0.1, 0.15) is 33.1 Å². The fraction of sp³-hybridized carbons (Fsp3) is 1.00. The number of piperidine rings is 1. The number of nitrogens with one attached hydrogen (secondary N) is 1. The molecule has 1 fully saturated rings. The van der Waals surface area contributed by atoms with Crippen molar-refractivity contribution in [2.24, 2.45) is 17.8 Å². The summed E-state index contributed by atoms with van der Waals surface area (Å²) in [6.07, 6.45) is 4.55. The minimum atomic E-state index is -3.04. The predicted molar refractivity (Wildman–Crippen MR) is 86.8 cm³/mol. The van der Waals surface area contributed by atoms with Crippen LogP contribution in [-0.2, 0) is 14.8 Å². The van der Waals surface area contributed by atoms with Crippen LogP contribution >= 0.6 is 0 Å². The van der Waals surface area contributed by atoms with E-state index in [1.54, 1.807) is 11.4 Å². The van der Waals surface area contributed by atoms with Gasteiger partial charge in [0.05, 0.1) is 12.9 Å². The highest BCUT2D eigenvalue weighted by molar-refractivity contribution is 7.88. The maximum absolute atomic E-state index is 11.7. The molecule has 0 aliphatic carbocycles. The standard InChI is InChI=1S/C15H32N2O3S/c1-13(2)15(11-16-7-9-20-3)10-14-6-5-8-17(12-14)21(4,18)19/h13-16H,5-12H2,1-4H3. The molecule has 0 spiro atoms. The molecular weight excluding hydrogens is 288 g/mol. The molecule has 0 aromatic heterocycles. The summed E-state index contributed by atoms with van der Waals surface area (Å²) in [4.78, 5) is 0. The molecule has 0 amide bonds. The van der Waals surface area contributed by atoms with Gasteiger partial charge in [-0.2, -0.15) is 0 Å². The maximum Gasteiger partial charge on any atom is 0.211 e. The Balaban J connectivity index is 2.46. The molecule has 0 aromatic rings. The number of nitrogens with zero attached hydrogens (tertiary/aromatic N) is 1. The van der Waals surface area contributed by atoms with E-state index in [1.165, 1.54) is 6.26 Å². The first-order valence-electron chi connectivity index (χ1n) is 7.99. The van der Waals surface area contributed by atoms with E-state index in [1.807, 2.05) is 0 Å². The molecule has 0 radical (unpaired) electrons. The molecule has 0 aromatic carbocycles. The van der Waals surface area contributed by atoms with Crippen molar-refractivity contribution in [1.82, 2.24) is 9.62 Å². The van der Waals surface area contributed by atoms with Crippen molar-refractivity contribution in [2.45, 2.75) is 33.1 Å². The SMILES string of the molecule is COCCNCC(CC1CCCN(S(C)(=O)=O)C1)C(C)C. The summed E-state index contributed by atoms with van der Waals surface area (Å²) < 4.78 is 30.1. The van der Waals surface area contributed by atoms with Crippen LogP contribution in [-0.4, -0.2) is 58.9 Å². The third-order valence-electron chi connectivity index (χ3n) is 4.42. The quantitative estimate of drug-likeness (QED) is 0.655. The molecular formula is C15H32N2O3S. The summed E-state index contributed by atoms with van der Waals surface area (Å²) in [5.74, 6) is 1.69. The fourth-order valence-corrected chi connectivity index (χ4v) is 3.94. The molecule has 1 rings (SSSR count). The van der Waals surface area contributed by atoms with Crippen molar-refractivity contribution >= 4 is 10.0 Å². The first kappa shape index (κ1) is 18.9. The second-order valence-corrected chi connectivity index (χ2v) is 8.55. The predicted octanol–water partition coefficient (Wildman–Crippen LogP) is 1.56. The monoisotopic (exact) mass is 320 g/mol. The zero-order chi connectivity index (χ0) is 15.9. The molecule has 0 saturated carbocycles. The molecule has 5 nitrogen and oxygen atoms in total. The van der Waals surface area contributed by atoms with Gasteiger partial charge in [-0.15, -0.1) is 0 Å². The molecule has 1 aliphatic rings. The molecule has 2 unspecified atom stereocenters. The molecule has 1 saturated heterocycles. The van der Waals surface area contributed by atoms with Crippen LogP contribution in [0.4, 0.5) is 0 Å². The van der Waals surface area contributed by atoms with Gasteiger partial charge >= 0.3 is 0 Å². The van der Waals surface area contributed by atoms with Crippen molar-refractivity contribution < 1.29 is 13.2 Å². The van der Waals surface area contributed by atoms with Gasteiger partial charge < -0.3 is 10.1 Å². The van der Waals surface area contributed by atoms with E-state index >= 15 is 0 Å². The minimum Gasteiger partial charge on any atom is -0.383 e. The van der Waals surface area contributed by atoms with Crippen molar-refractivity contribution in [2.75, 3.05) is 46.2 Å². The molecule has 1 N–H and O–H groups in total. The Morgan fingerprint density at radius 2 is 2.10 bits per heavy atom. The van der Waals surface area contributed by atoms with E-state index in [0.717, 1.165) is 39.0 Å². The number of rotatable bonds is 9. The lowest BCUT2D eigenvalue weighted by molar-refractivity contribution is 0.185. The Morgan fingerprint density at radius 3 is 2.67 bits per heavy atom. The lowest BCUT2D eigenvalue weighted by Crippen LogP contribution is -2.41. The Bertz CT molecular complexity index is 384. The zero-order valence-electron chi connectivity index (χ0n) is 14.0. The smallest absolute Gasteiger partial charge is 0.211 e. The number of hydrogen-bond acceptors (Lipinski definition) is 4. The van der Waals surface area contributed by atoms with Gasteiger partial charge in [0.15, 0.2) is 0 Å². The Kier molecular flexibility index (Phi) is 8.16.